The second-order valence-corrected chi connectivity index (χ2v) is 5.42. The van der Waals surface area contributed by atoms with Crippen LogP contribution in [0, 0.1) is 6.92 Å². The minimum absolute atomic E-state index is 0.109. The second-order valence-electron chi connectivity index (χ2n) is 4.44. The van der Waals surface area contributed by atoms with Gasteiger partial charge >= 0.3 is 0 Å². The Kier molecular flexibility index (Phi) is 4.68. The van der Waals surface area contributed by atoms with E-state index in [-0.39, 0.29) is 6.10 Å². The van der Waals surface area contributed by atoms with E-state index in [1.165, 1.54) is 0 Å². The molecule has 0 radical (unpaired) electrons. The molecule has 2 aromatic rings. The van der Waals surface area contributed by atoms with Gasteiger partial charge in [0.1, 0.15) is 0 Å². The first-order valence-corrected chi connectivity index (χ1v) is 7.16. The Balaban J connectivity index is 1.93. The van der Waals surface area contributed by atoms with Crippen molar-refractivity contribution in [3.8, 4) is 5.88 Å². The number of rotatable bonds is 6. The van der Waals surface area contributed by atoms with Crippen LogP contribution < -0.4 is 10.1 Å². The molecule has 0 aliphatic carbocycles. The number of nitrogens with zero attached hydrogens (tertiary/aromatic N) is 3. The first kappa shape index (κ1) is 13.7. The van der Waals surface area contributed by atoms with Crippen molar-refractivity contribution in [1.29, 1.82) is 0 Å². The quantitative estimate of drug-likeness (QED) is 0.880. The van der Waals surface area contributed by atoms with Gasteiger partial charge in [0.2, 0.25) is 11.8 Å². The van der Waals surface area contributed by atoms with Crippen LogP contribution in [0.5, 0.6) is 5.88 Å². The van der Waals surface area contributed by atoms with Crippen molar-refractivity contribution in [3.63, 3.8) is 0 Å². The fraction of sp³-hybridized carbons (Fsp3) is 0.462. The maximum absolute atomic E-state index is 5.59. The highest BCUT2D eigenvalue weighted by atomic mass is 32.1. The molecule has 0 aromatic carbocycles. The fourth-order valence-electron chi connectivity index (χ4n) is 1.58. The van der Waals surface area contributed by atoms with Crippen molar-refractivity contribution in [2.45, 2.75) is 33.3 Å². The van der Waals surface area contributed by atoms with Gasteiger partial charge in [-0.15, -0.1) is 11.3 Å². The second kappa shape index (κ2) is 6.47. The van der Waals surface area contributed by atoms with E-state index in [2.05, 4.69) is 20.3 Å². The van der Waals surface area contributed by atoms with E-state index in [0.717, 1.165) is 23.7 Å². The van der Waals surface area contributed by atoms with Gasteiger partial charge < -0.3 is 10.1 Å². The molecule has 0 aliphatic rings. The van der Waals surface area contributed by atoms with Crippen molar-refractivity contribution >= 4 is 17.3 Å². The molecule has 0 fully saturated rings. The van der Waals surface area contributed by atoms with Gasteiger partial charge in [-0.25, -0.2) is 9.97 Å². The molecule has 5 nitrogen and oxygen atoms in total. The molecule has 2 rings (SSSR count). The fourth-order valence-corrected chi connectivity index (χ4v) is 2.20. The van der Waals surface area contributed by atoms with E-state index in [0.29, 0.717) is 11.8 Å². The molecule has 102 valence electrons. The van der Waals surface area contributed by atoms with Crippen LogP contribution in [0.15, 0.2) is 17.6 Å². The average molecular weight is 278 g/mol. The highest BCUT2D eigenvalue weighted by molar-refractivity contribution is 7.09. The average Bonchev–Trinajstić information content (AvgIpc) is 2.80. The SMILES string of the molecule is Cc1cc(OC(C)C)nc(NCCc2nccs2)n1. The van der Waals surface area contributed by atoms with Gasteiger partial charge in [-0.3, -0.25) is 0 Å². The zero-order chi connectivity index (χ0) is 13.7. The molecule has 0 amide bonds. The van der Waals surface area contributed by atoms with Gasteiger partial charge in [-0.2, -0.15) is 4.98 Å². The van der Waals surface area contributed by atoms with Crippen LogP contribution in [0.2, 0.25) is 0 Å². The number of aryl methyl sites for hydroxylation is 1. The van der Waals surface area contributed by atoms with E-state index in [4.69, 9.17) is 4.74 Å². The van der Waals surface area contributed by atoms with Crippen LogP contribution in [0.3, 0.4) is 0 Å². The molecule has 0 unspecified atom stereocenters. The Morgan fingerprint density at radius 3 is 2.89 bits per heavy atom. The molecule has 19 heavy (non-hydrogen) atoms. The number of hydrogen-bond acceptors (Lipinski definition) is 6. The first-order chi connectivity index (χ1) is 9.13. The minimum Gasteiger partial charge on any atom is -0.475 e. The molecular formula is C13H18N4OS. The van der Waals surface area contributed by atoms with Crippen LogP contribution in [0.25, 0.3) is 0 Å². The van der Waals surface area contributed by atoms with Crippen LogP contribution in [0.4, 0.5) is 5.95 Å². The van der Waals surface area contributed by atoms with Gasteiger partial charge in [0, 0.05) is 36.3 Å². The number of thiazole rings is 1. The van der Waals surface area contributed by atoms with Gasteiger partial charge in [0.25, 0.3) is 0 Å². The standard InChI is InChI=1S/C13H18N4OS/c1-9(2)18-11-8-10(3)16-13(17-11)15-5-4-12-14-6-7-19-12/h6-9H,4-5H2,1-3H3,(H,15,16,17). The Hall–Kier alpha value is -1.69. The summed E-state index contributed by atoms with van der Waals surface area (Å²) >= 11 is 1.66. The molecule has 0 saturated carbocycles. The third-order valence-electron chi connectivity index (χ3n) is 2.29. The van der Waals surface area contributed by atoms with Crippen LogP contribution in [0.1, 0.15) is 24.5 Å². The summed E-state index contributed by atoms with van der Waals surface area (Å²) < 4.78 is 5.59. The zero-order valence-corrected chi connectivity index (χ0v) is 12.2. The molecule has 2 aromatic heterocycles. The smallest absolute Gasteiger partial charge is 0.226 e. The van der Waals surface area contributed by atoms with E-state index in [1.807, 2.05) is 38.4 Å². The number of nitrogens with one attached hydrogen (secondary N) is 1. The highest BCUT2D eigenvalue weighted by Crippen LogP contribution is 2.13. The number of ether oxygens (including phenoxy) is 1. The third-order valence-corrected chi connectivity index (χ3v) is 3.13. The van der Waals surface area contributed by atoms with Crippen molar-refractivity contribution < 1.29 is 4.74 Å². The Morgan fingerprint density at radius 1 is 1.37 bits per heavy atom. The van der Waals surface area contributed by atoms with Gasteiger partial charge in [0.05, 0.1) is 11.1 Å². The molecule has 0 aliphatic heterocycles. The van der Waals surface area contributed by atoms with Crippen molar-refractivity contribution in [2.75, 3.05) is 11.9 Å². The van der Waals surface area contributed by atoms with Gasteiger partial charge in [-0.05, 0) is 20.8 Å². The summed E-state index contributed by atoms with van der Waals surface area (Å²) in [5, 5.41) is 6.29. The Labute approximate surface area is 117 Å². The van der Waals surface area contributed by atoms with Crippen LogP contribution in [-0.2, 0) is 6.42 Å². The topological polar surface area (TPSA) is 59.9 Å². The lowest BCUT2D eigenvalue weighted by Gasteiger charge is -2.11. The summed E-state index contributed by atoms with van der Waals surface area (Å²) in [6.45, 7) is 6.65. The molecule has 1 N–H and O–H groups in total. The molecule has 0 atom stereocenters. The van der Waals surface area contributed by atoms with Crippen molar-refractivity contribution in [2.24, 2.45) is 0 Å². The normalized spacial score (nSPS) is 10.7. The summed E-state index contributed by atoms with van der Waals surface area (Å²) in [5.41, 5.74) is 0.891. The van der Waals surface area contributed by atoms with Gasteiger partial charge in [0.15, 0.2) is 0 Å². The maximum atomic E-state index is 5.59. The predicted molar refractivity (Wildman–Crippen MR) is 76.8 cm³/mol. The van der Waals surface area contributed by atoms with Crippen LogP contribution >= 0.6 is 11.3 Å². The molecule has 0 spiro atoms. The molecule has 0 saturated heterocycles. The van der Waals surface area contributed by atoms with E-state index in [9.17, 15) is 0 Å². The molecule has 2 heterocycles. The lowest BCUT2D eigenvalue weighted by Crippen LogP contribution is -2.11. The summed E-state index contributed by atoms with van der Waals surface area (Å²) in [5.74, 6) is 1.21. The predicted octanol–water partition coefficient (Wildman–Crippen LogP) is 2.68. The Bertz CT molecular complexity index is 513. The van der Waals surface area contributed by atoms with Gasteiger partial charge in [-0.1, -0.05) is 0 Å². The Morgan fingerprint density at radius 2 is 2.21 bits per heavy atom. The summed E-state index contributed by atoms with van der Waals surface area (Å²) in [6.07, 6.45) is 2.80. The minimum atomic E-state index is 0.109. The first-order valence-electron chi connectivity index (χ1n) is 6.28. The highest BCUT2D eigenvalue weighted by Gasteiger charge is 2.05. The molecule has 0 bridgehead atoms. The zero-order valence-electron chi connectivity index (χ0n) is 11.4. The summed E-state index contributed by atoms with van der Waals surface area (Å²) in [4.78, 5) is 12.9. The molecule has 6 heteroatoms. The maximum Gasteiger partial charge on any atom is 0.226 e. The van der Waals surface area contributed by atoms with E-state index < -0.39 is 0 Å². The monoisotopic (exact) mass is 278 g/mol. The number of anilines is 1. The number of hydrogen-bond donors (Lipinski definition) is 1. The molecular weight excluding hydrogens is 260 g/mol. The largest absolute Gasteiger partial charge is 0.475 e. The van der Waals surface area contributed by atoms with E-state index in [1.54, 1.807) is 11.3 Å². The van der Waals surface area contributed by atoms with Crippen LogP contribution in [-0.4, -0.2) is 27.6 Å². The summed E-state index contributed by atoms with van der Waals surface area (Å²) in [6, 6.07) is 1.84. The lowest BCUT2D eigenvalue weighted by atomic mass is 10.4. The van der Waals surface area contributed by atoms with Crippen molar-refractivity contribution in [1.82, 2.24) is 15.0 Å². The third kappa shape index (κ3) is 4.48. The van der Waals surface area contributed by atoms with Crippen molar-refractivity contribution in [3.05, 3.63) is 28.3 Å². The number of aromatic nitrogens is 3. The van der Waals surface area contributed by atoms with E-state index >= 15 is 0 Å². The lowest BCUT2D eigenvalue weighted by molar-refractivity contribution is 0.232. The summed E-state index contributed by atoms with van der Waals surface area (Å²) in [7, 11) is 0.